The number of pyridine rings is 2. The van der Waals surface area contributed by atoms with E-state index in [-0.39, 0.29) is 11.9 Å². The highest BCUT2D eigenvalue weighted by molar-refractivity contribution is 5.40. The molecule has 1 atom stereocenters. The Balaban J connectivity index is 1.66. The second kappa shape index (κ2) is 6.91. The molecule has 1 saturated heterocycles. The summed E-state index contributed by atoms with van der Waals surface area (Å²) >= 11 is 0. The minimum absolute atomic E-state index is 0.261. The molecule has 0 N–H and O–H groups in total. The molecule has 122 valence electrons. The van der Waals surface area contributed by atoms with Crippen molar-refractivity contribution in [2.24, 2.45) is 0 Å². The van der Waals surface area contributed by atoms with Gasteiger partial charge in [0, 0.05) is 44.5 Å². The van der Waals surface area contributed by atoms with Crippen molar-refractivity contribution in [1.82, 2.24) is 14.9 Å². The maximum Gasteiger partial charge on any atom is 0.213 e. The van der Waals surface area contributed by atoms with Crippen molar-refractivity contribution < 1.29 is 9.13 Å². The smallest absolute Gasteiger partial charge is 0.213 e. The fourth-order valence-corrected chi connectivity index (χ4v) is 2.90. The van der Waals surface area contributed by atoms with E-state index >= 15 is 0 Å². The van der Waals surface area contributed by atoms with Crippen molar-refractivity contribution in [2.45, 2.75) is 19.5 Å². The van der Waals surface area contributed by atoms with Crippen molar-refractivity contribution in [3.8, 4) is 5.88 Å². The van der Waals surface area contributed by atoms with Crippen LogP contribution < -0.4 is 9.64 Å². The number of hydrogen-bond donors (Lipinski definition) is 0. The molecule has 3 rings (SSSR count). The van der Waals surface area contributed by atoms with Gasteiger partial charge in [-0.3, -0.25) is 4.90 Å². The van der Waals surface area contributed by atoms with E-state index in [1.807, 2.05) is 23.1 Å². The number of ether oxygens (including phenoxy) is 1. The number of nitrogens with zero attached hydrogens (tertiary/aromatic N) is 4. The first-order valence-corrected chi connectivity index (χ1v) is 7.77. The second-order valence-electron chi connectivity index (χ2n) is 5.75. The Labute approximate surface area is 135 Å². The summed E-state index contributed by atoms with van der Waals surface area (Å²) in [5.41, 5.74) is 0.980. The number of rotatable bonds is 4. The molecule has 6 heteroatoms. The van der Waals surface area contributed by atoms with Crippen molar-refractivity contribution in [2.75, 3.05) is 31.6 Å². The van der Waals surface area contributed by atoms with E-state index in [1.54, 1.807) is 19.4 Å². The molecule has 0 aromatic carbocycles. The quantitative estimate of drug-likeness (QED) is 0.866. The predicted molar refractivity (Wildman–Crippen MR) is 87.1 cm³/mol. The van der Waals surface area contributed by atoms with E-state index in [0.717, 1.165) is 31.9 Å². The third-order valence-corrected chi connectivity index (χ3v) is 4.16. The molecular weight excluding hydrogens is 295 g/mol. The van der Waals surface area contributed by atoms with Gasteiger partial charge in [-0.25, -0.2) is 14.4 Å². The summed E-state index contributed by atoms with van der Waals surface area (Å²) in [6.07, 6.45) is 1.63. The Morgan fingerprint density at radius 1 is 1.26 bits per heavy atom. The SMILES string of the molecule is COc1cccc(CN2CCN(c3ncccc3F)CC2C)n1. The highest BCUT2D eigenvalue weighted by Gasteiger charge is 2.26. The highest BCUT2D eigenvalue weighted by Crippen LogP contribution is 2.21. The molecule has 5 nitrogen and oxygen atoms in total. The van der Waals surface area contributed by atoms with E-state index in [4.69, 9.17) is 4.74 Å². The first-order chi connectivity index (χ1) is 11.2. The van der Waals surface area contributed by atoms with Crippen LogP contribution >= 0.6 is 0 Å². The molecule has 0 amide bonds. The molecule has 0 saturated carbocycles. The lowest BCUT2D eigenvalue weighted by Gasteiger charge is -2.40. The first kappa shape index (κ1) is 15.7. The fourth-order valence-electron chi connectivity index (χ4n) is 2.90. The third kappa shape index (κ3) is 3.59. The molecule has 0 radical (unpaired) electrons. The van der Waals surface area contributed by atoms with E-state index < -0.39 is 0 Å². The zero-order valence-corrected chi connectivity index (χ0v) is 13.4. The minimum atomic E-state index is -0.261. The molecule has 1 fully saturated rings. The molecule has 0 spiro atoms. The van der Waals surface area contributed by atoms with Crippen LogP contribution in [-0.4, -0.2) is 47.7 Å². The van der Waals surface area contributed by atoms with E-state index in [2.05, 4.69) is 21.8 Å². The normalized spacial score (nSPS) is 18.9. The highest BCUT2D eigenvalue weighted by atomic mass is 19.1. The number of halogens is 1. The minimum Gasteiger partial charge on any atom is -0.481 e. The Morgan fingerprint density at radius 2 is 2.13 bits per heavy atom. The maximum atomic E-state index is 13.9. The molecule has 1 unspecified atom stereocenters. The van der Waals surface area contributed by atoms with Crippen LogP contribution in [0, 0.1) is 5.82 Å². The van der Waals surface area contributed by atoms with Gasteiger partial charge in [0.1, 0.15) is 0 Å². The summed E-state index contributed by atoms with van der Waals surface area (Å²) in [7, 11) is 1.62. The van der Waals surface area contributed by atoms with Crippen molar-refractivity contribution in [3.63, 3.8) is 0 Å². The van der Waals surface area contributed by atoms with Crippen LogP contribution in [0.2, 0.25) is 0 Å². The van der Waals surface area contributed by atoms with Gasteiger partial charge < -0.3 is 9.64 Å². The lowest BCUT2D eigenvalue weighted by Crippen LogP contribution is -2.52. The van der Waals surface area contributed by atoms with Gasteiger partial charge in [-0.05, 0) is 25.1 Å². The van der Waals surface area contributed by atoms with Crippen LogP contribution in [0.4, 0.5) is 10.2 Å². The Hall–Kier alpha value is -2.21. The van der Waals surface area contributed by atoms with E-state index in [0.29, 0.717) is 11.7 Å². The monoisotopic (exact) mass is 316 g/mol. The number of methoxy groups -OCH3 is 1. The molecular formula is C17H21FN4O. The van der Waals surface area contributed by atoms with Crippen molar-refractivity contribution in [3.05, 3.63) is 48.0 Å². The van der Waals surface area contributed by atoms with Gasteiger partial charge in [0.05, 0.1) is 12.8 Å². The van der Waals surface area contributed by atoms with Crippen molar-refractivity contribution in [1.29, 1.82) is 0 Å². The number of aromatic nitrogens is 2. The summed E-state index contributed by atoms with van der Waals surface area (Å²) in [6, 6.07) is 9.16. The fraction of sp³-hybridized carbons (Fsp3) is 0.412. The average Bonchev–Trinajstić information content (AvgIpc) is 2.57. The molecule has 1 aliphatic rings. The summed E-state index contributed by atoms with van der Waals surface area (Å²) in [5.74, 6) is 0.811. The zero-order valence-electron chi connectivity index (χ0n) is 13.4. The van der Waals surface area contributed by atoms with Crippen LogP contribution in [0.25, 0.3) is 0 Å². The zero-order chi connectivity index (χ0) is 16.2. The summed E-state index contributed by atoms with van der Waals surface area (Å²) in [4.78, 5) is 13.0. The van der Waals surface area contributed by atoms with Gasteiger partial charge in [0.15, 0.2) is 11.6 Å². The second-order valence-corrected chi connectivity index (χ2v) is 5.75. The van der Waals surface area contributed by atoms with Gasteiger partial charge in [-0.2, -0.15) is 0 Å². The standard InChI is InChI=1S/C17H21FN4O/c1-13-11-22(17-15(18)6-4-8-19-17)10-9-21(13)12-14-5-3-7-16(20-14)23-2/h3-8,13H,9-12H2,1-2H3. The topological polar surface area (TPSA) is 41.5 Å². The Kier molecular flexibility index (Phi) is 4.71. The van der Waals surface area contributed by atoms with Crippen LogP contribution in [0.5, 0.6) is 5.88 Å². The van der Waals surface area contributed by atoms with Crippen LogP contribution in [-0.2, 0) is 6.54 Å². The maximum absolute atomic E-state index is 13.9. The largest absolute Gasteiger partial charge is 0.481 e. The number of anilines is 1. The molecule has 2 aromatic rings. The molecule has 0 aliphatic carbocycles. The molecule has 1 aliphatic heterocycles. The summed E-state index contributed by atoms with van der Waals surface area (Å²) in [5, 5.41) is 0. The van der Waals surface area contributed by atoms with Crippen molar-refractivity contribution >= 4 is 5.82 Å². The van der Waals surface area contributed by atoms with Gasteiger partial charge in [-0.1, -0.05) is 6.07 Å². The van der Waals surface area contributed by atoms with Crippen LogP contribution in [0.3, 0.4) is 0 Å². The third-order valence-electron chi connectivity index (χ3n) is 4.16. The first-order valence-electron chi connectivity index (χ1n) is 7.77. The predicted octanol–water partition coefficient (Wildman–Crippen LogP) is 2.33. The number of hydrogen-bond acceptors (Lipinski definition) is 5. The summed E-state index contributed by atoms with van der Waals surface area (Å²) < 4.78 is 19.1. The summed E-state index contributed by atoms with van der Waals surface area (Å²) in [6.45, 7) is 5.25. The lowest BCUT2D eigenvalue weighted by molar-refractivity contribution is 0.177. The molecule has 2 aromatic heterocycles. The average molecular weight is 316 g/mol. The lowest BCUT2D eigenvalue weighted by atomic mass is 10.1. The molecule has 23 heavy (non-hydrogen) atoms. The van der Waals surface area contributed by atoms with Gasteiger partial charge in [-0.15, -0.1) is 0 Å². The van der Waals surface area contributed by atoms with E-state index in [9.17, 15) is 4.39 Å². The van der Waals surface area contributed by atoms with Crippen LogP contribution in [0.1, 0.15) is 12.6 Å². The van der Waals surface area contributed by atoms with Gasteiger partial charge >= 0.3 is 0 Å². The van der Waals surface area contributed by atoms with Gasteiger partial charge in [0.25, 0.3) is 0 Å². The Morgan fingerprint density at radius 3 is 2.87 bits per heavy atom. The van der Waals surface area contributed by atoms with Gasteiger partial charge in [0.2, 0.25) is 5.88 Å². The van der Waals surface area contributed by atoms with E-state index in [1.165, 1.54) is 6.07 Å². The Bertz CT molecular complexity index is 667. The number of piperazine rings is 1. The molecule has 3 heterocycles. The van der Waals surface area contributed by atoms with Crippen LogP contribution in [0.15, 0.2) is 36.5 Å². The molecule has 0 bridgehead atoms.